The molecule has 1 fully saturated rings. The Morgan fingerprint density at radius 3 is 2.72 bits per heavy atom. The number of rotatable bonds is 5. The molecule has 1 N–H and O–H groups in total. The van der Waals surface area contributed by atoms with Crippen molar-refractivity contribution < 1.29 is 9.53 Å². The molecule has 1 aliphatic heterocycles. The molecular formula is C20H23ClN2O2. The van der Waals surface area contributed by atoms with E-state index >= 15 is 0 Å². The van der Waals surface area contributed by atoms with Gasteiger partial charge in [0, 0.05) is 30.6 Å². The Kier molecular flexibility index (Phi) is 5.49. The zero-order chi connectivity index (χ0) is 17.8. The van der Waals surface area contributed by atoms with E-state index < -0.39 is 0 Å². The summed E-state index contributed by atoms with van der Waals surface area (Å²) in [6.07, 6.45) is 1.15. The number of halogens is 1. The highest BCUT2D eigenvalue weighted by Gasteiger charge is 2.24. The van der Waals surface area contributed by atoms with Crippen LogP contribution in [0, 0.1) is 0 Å². The van der Waals surface area contributed by atoms with Gasteiger partial charge in [-0.2, -0.15) is 0 Å². The lowest BCUT2D eigenvalue weighted by molar-refractivity contribution is -0.119. The summed E-state index contributed by atoms with van der Waals surface area (Å²) in [6, 6.07) is 15.9. The van der Waals surface area contributed by atoms with Crippen LogP contribution in [0.1, 0.15) is 31.9 Å². The molecule has 4 nitrogen and oxygen atoms in total. The van der Waals surface area contributed by atoms with Crippen LogP contribution < -0.4 is 15.0 Å². The monoisotopic (exact) mass is 358 g/mol. The molecule has 2 atom stereocenters. The number of amides is 1. The van der Waals surface area contributed by atoms with Crippen LogP contribution in [0.4, 0.5) is 5.69 Å². The summed E-state index contributed by atoms with van der Waals surface area (Å²) in [5.74, 6) is 0.830. The normalized spacial score (nSPS) is 18.0. The predicted octanol–water partition coefficient (Wildman–Crippen LogP) is 4.19. The molecular weight excluding hydrogens is 336 g/mol. The number of benzene rings is 2. The molecule has 0 spiro atoms. The van der Waals surface area contributed by atoms with E-state index in [1.54, 1.807) is 0 Å². The van der Waals surface area contributed by atoms with E-state index in [0.717, 1.165) is 41.5 Å². The van der Waals surface area contributed by atoms with Crippen LogP contribution in [-0.2, 0) is 4.79 Å². The molecule has 1 saturated heterocycles. The quantitative estimate of drug-likeness (QED) is 0.871. The van der Waals surface area contributed by atoms with Crippen LogP contribution in [0.5, 0.6) is 5.75 Å². The van der Waals surface area contributed by atoms with Crippen LogP contribution in [0.3, 0.4) is 0 Å². The average Bonchev–Trinajstić information content (AvgIpc) is 3.03. The third-order valence-corrected chi connectivity index (χ3v) is 4.66. The van der Waals surface area contributed by atoms with Crippen LogP contribution in [-0.4, -0.2) is 25.1 Å². The molecule has 132 valence electrons. The van der Waals surface area contributed by atoms with Gasteiger partial charge in [-0.1, -0.05) is 29.8 Å². The van der Waals surface area contributed by atoms with E-state index in [1.165, 1.54) is 6.92 Å². The highest BCUT2D eigenvalue weighted by molar-refractivity contribution is 6.30. The van der Waals surface area contributed by atoms with Crippen LogP contribution in [0.25, 0.3) is 0 Å². The molecule has 2 unspecified atom stereocenters. The molecule has 1 heterocycles. The summed E-state index contributed by atoms with van der Waals surface area (Å²) < 4.78 is 6.11. The third-order valence-electron chi connectivity index (χ3n) is 4.42. The van der Waals surface area contributed by atoms with Gasteiger partial charge < -0.3 is 15.0 Å². The number of carbonyl (C=O) groups excluding carboxylic acids is 1. The molecule has 0 aromatic heterocycles. The zero-order valence-corrected chi connectivity index (χ0v) is 15.3. The van der Waals surface area contributed by atoms with E-state index in [9.17, 15) is 4.79 Å². The minimum atomic E-state index is -0.0279. The Hall–Kier alpha value is -2.20. The summed E-state index contributed by atoms with van der Waals surface area (Å²) >= 11 is 6.08. The first kappa shape index (κ1) is 17.6. The Bertz CT molecular complexity index is 733. The van der Waals surface area contributed by atoms with Crippen molar-refractivity contribution in [2.75, 3.05) is 18.0 Å². The fourth-order valence-electron chi connectivity index (χ4n) is 3.15. The minimum Gasteiger partial charge on any atom is -0.489 e. The Balaban J connectivity index is 1.57. The van der Waals surface area contributed by atoms with Crippen molar-refractivity contribution in [2.24, 2.45) is 0 Å². The van der Waals surface area contributed by atoms with Crippen LogP contribution >= 0.6 is 11.6 Å². The summed E-state index contributed by atoms with van der Waals surface area (Å²) in [7, 11) is 0. The van der Waals surface area contributed by atoms with Crippen LogP contribution in [0.15, 0.2) is 48.5 Å². The number of anilines is 1. The molecule has 0 bridgehead atoms. The lowest BCUT2D eigenvalue weighted by Crippen LogP contribution is -2.24. The summed E-state index contributed by atoms with van der Waals surface area (Å²) in [6.45, 7) is 5.31. The molecule has 0 radical (unpaired) electrons. The van der Waals surface area contributed by atoms with Crippen molar-refractivity contribution in [1.82, 2.24) is 5.32 Å². The minimum absolute atomic E-state index is 0.00338. The van der Waals surface area contributed by atoms with Gasteiger partial charge >= 0.3 is 0 Å². The van der Waals surface area contributed by atoms with Crippen molar-refractivity contribution >= 4 is 23.2 Å². The van der Waals surface area contributed by atoms with Gasteiger partial charge in [0.15, 0.2) is 0 Å². The van der Waals surface area contributed by atoms with Gasteiger partial charge in [-0.25, -0.2) is 0 Å². The highest BCUT2D eigenvalue weighted by Crippen LogP contribution is 2.26. The Morgan fingerprint density at radius 2 is 2.04 bits per heavy atom. The fourth-order valence-corrected chi connectivity index (χ4v) is 3.33. The van der Waals surface area contributed by atoms with Gasteiger partial charge in [-0.15, -0.1) is 0 Å². The smallest absolute Gasteiger partial charge is 0.217 e. The second kappa shape index (κ2) is 7.79. The molecule has 5 heteroatoms. The number of hydrogen-bond donors (Lipinski definition) is 1. The topological polar surface area (TPSA) is 41.6 Å². The Labute approximate surface area is 153 Å². The fraction of sp³-hybridized carbons (Fsp3) is 0.350. The lowest BCUT2D eigenvalue weighted by Gasteiger charge is -2.19. The number of nitrogens with zero attached hydrogens (tertiary/aromatic N) is 1. The van der Waals surface area contributed by atoms with E-state index in [-0.39, 0.29) is 18.1 Å². The van der Waals surface area contributed by atoms with E-state index in [0.29, 0.717) is 0 Å². The molecule has 1 aliphatic rings. The average molecular weight is 359 g/mol. The van der Waals surface area contributed by atoms with Gasteiger partial charge in [0.1, 0.15) is 11.9 Å². The van der Waals surface area contributed by atoms with E-state index in [1.807, 2.05) is 49.4 Å². The second-order valence-corrected chi connectivity index (χ2v) is 6.88. The number of carbonyl (C=O) groups is 1. The van der Waals surface area contributed by atoms with E-state index in [4.69, 9.17) is 16.3 Å². The summed E-state index contributed by atoms with van der Waals surface area (Å²) in [4.78, 5) is 13.4. The maximum atomic E-state index is 11.1. The van der Waals surface area contributed by atoms with E-state index in [2.05, 4.69) is 16.3 Å². The first-order chi connectivity index (χ1) is 12.0. The number of hydrogen-bond acceptors (Lipinski definition) is 3. The summed E-state index contributed by atoms with van der Waals surface area (Å²) in [5, 5.41) is 3.64. The summed E-state index contributed by atoms with van der Waals surface area (Å²) in [5.41, 5.74) is 2.20. The number of nitrogens with one attached hydrogen (secondary N) is 1. The van der Waals surface area contributed by atoms with Crippen molar-refractivity contribution in [3.8, 4) is 5.75 Å². The van der Waals surface area contributed by atoms with Gasteiger partial charge in [-0.05, 0) is 42.8 Å². The molecule has 25 heavy (non-hydrogen) atoms. The van der Waals surface area contributed by atoms with Crippen LogP contribution in [0.2, 0.25) is 5.02 Å². The molecule has 1 amide bonds. The van der Waals surface area contributed by atoms with Gasteiger partial charge in [0.05, 0.1) is 12.6 Å². The SMILES string of the molecule is CC(=O)NC(C)c1ccc(OC2CCN(c3cccc(Cl)c3)C2)cc1. The first-order valence-corrected chi connectivity index (χ1v) is 8.93. The molecule has 2 aromatic rings. The highest BCUT2D eigenvalue weighted by atomic mass is 35.5. The number of ether oxygens (including phenoxy) is 1. The largest absolute Gasteiger partial charge is 0.489 e. The van der Waals surface area contributed by atoms with Gasteiger partial charge in [-0.3, -0.25) is 4.79 Å². The molecule has 3 rings (SSSR count). The molecule has 0 saturated carbocycles. The molecule has 2 aromatic carbocycles. The van der Waals surface area contributed by atoms with Gasteiger partial charge in [0.2, 0.25) is 5.91 Å². The maximum Gasteiger partial charge on any atom is 0.217 e. The van der Waals surface area contributed by atoms with Gasteiger partial charge in [0.25, 0.3) is 0 Å². The lowest BCUT2D eigenvalue weighted by atomic mass is 10.1. The standard InChI is InChI=1S/C20H23ClN2O2/c1-14(22-15(2)24)16-6-8-19(9-7-16)25-20-10-11-23(13-20)18-5-3-4-17(21)12-18/h3-9,12,14,20H,10-11,13H2,1-2H3,(H,22,24). The maximum absolute atomic E-state index is 11.1. The van der Waals surface area contributed by atoms with Crippen molar-refractivity contribution in [1.29, 1.82) is 0 Å². The molecule has 0 aliphatic carbocycles. The van der Waals surface area contributed by atoms with Crippen molar-refractivity contribution in [3.05, 3.63) is 59.1 Å². The zero-order valence-electron chi connectivity index (χ0n) is 14.5. The third kappa shape index (κ3) is 4.67. The Morgan fingerprint density at radius 1 is 1.28 bits per heavy atom. The predicted molar refractivity (Wildman–Crippen MR) is 101 cm³/mol. The first-order valence-electron chi connectivity index (χ1n) is 8.55. The van der Waals surface area contributed by atoms with Crippen molar-refractivity contribution in [2.45, 2.75) is 32.4 Å². The second-order valence-electron chi connectivity index (χ2n) is 6.45. The van der Waals surface area contributed by atoms with Crippen molar-refractivity contribution in [3.63, 3.8) is 0 Å².